The van der Waals surface area contributed by atoms with Crippen LogP contribution >= 0.6 is 0 Å². The van der Waals surface area contributed by atoms with Crippen LogP contribution in [0.4, 0.5) is 5.69 Å². The second-order valence-corrected chi connectivity index (χ2v) is 3.40. The van der Waals surface area contributed by atoms with Gasteiger partial charge in [-0.15, -0.1) is 0 Å². The van der Waals surface area contributed by atoms with E-state index in [4.69, 9.17) is 25.6 Å². The molecule has 5 N–H and O–H groups in total. The van der Waals surface area contributed by atoms with Crippen molar-refractivity contribution in [3.63, 3.8) is 0 Å². The molecule has 18 heavy (non-hydrogen) atoms. The Bertz CT molecular complexity index is 384. The summed E-state index contributed by atoms with van der Waals surface area (Å²) in [5, 5.41) is 14.8. The minimum absolute atomic E-state index is 1.03. The molecule has 0 aliphatic heterocycles. The number of hydrogen-bond donors (Lipinski definition) is 4. The molecular formula is C12H18N2O4. The maximum Gasteiger partial charge on any atom is 0.414 e. The molecule has 1 aromatic carbocycles. The fourth-order valence-electron chi connectivity index (χ4n) is 1.52. The van der Waals surface area contributed by atoms with Gasteiger partial charge in [0.2, 0.25) is 0 Å². The van der Waals surface area contributed by atoms with Crippen molar-refractivity contribution in [3.05, 3.63) is 29.3 Å². The van der Waals surface area contributed by atoms with Crippen molar-refractivity contribution >= 4 is 17.6 Å². The molecule has 100 valence electrons. The van der Waals surface area contributed by atoms with E-state index in [1.165, 1.54) is 11.1 Å². The summed E-state index contributed by atoms with van der Waals surface area (Å²) in [6.07, 6.45) is 2.10. The molecule has 1 rings (SSSR count). The number of carboxylic acid groups (broad SMARTS) is 2. The first-order valence-corrected chi connectivity index (χ1v) is 5.51. The molecule has 6 heteroatoms. The minimum atomic E-state index is -1.82. The van der Waals surface area contributed by atoms with Crippen LogP contribution in [0, 0.1) is 0 Å². The van der Waals surface area contributed by atoms with Crippen molar-refractivity contribution in [2.75, 3.05) is 5.43 Å². The van der Waals surface area contributed by atoms with Crippen LogP contribution in [0.5, 0.6) is 0 Å². The van der Waals surface area contributed by atoms with Gasteiger partial charge in [0.25, 0.3) is 0 Å². The fraction of sp³-hybridized carbons (Fsp3) is 0.333. The molecule has 0 saturated carbocycles. The van der Waals surface area contributed by atoms with Crippen molar-refractivity contribution in [3.8, 4) is 0 Å². The molecule has 0 fully saturated rings. The summed E-state index contributed by atoms with van der Waals surface area (Å²) < 4.78 is 0. The number of carboxylic acids is 2. The molecule has 0 saturated heterocycles. The first-order chi connectivity index (χ1) is 8.47. The number of aliphatic carboxylic acids is 2. The van der Waals surface area contributed by atoms with Gasteiger partial charge in [-0.25, -0.2) is 9.59 Å². The lowest BCUT2D eigenvalue weighted by molar-refractivity contribution is -0.159. The Balaban J connectivity index is 0.000000411. The summed E-state index contributed by atoms with van der Waals surface area (Å²) in [7, 11) is 0. The Morgan fingerprint density at radius 1 is 1.17 bits per heavy atom. The topological polar surface area (TPSA) is 113 Å². The Morgan fingerprint density at radius 3 is 2.06 bits per heavy atom. The highest BCUT2D eigenvalue weighted by molar-refractivity contribution is 6.27. The van der Waals surface area contributed by atoms with Crippen LogP contribution < -0.4 is 11.3 Å². The second-order valence-electron chi connectivity index (χ2n) is 3.40. The van der Waals surface area contributed by atoms with E-state index in [-0.39, 0.29) is 0 Å². The Kier molecular flexibility index (Phi) is 7.14. The highest BCUT2D eigenvalue weighted by atomic mass is 16.4. The van der Waals surface area contributed by atoms with E-state index in [1.807, 2.05) is 12.1 Å². The number of hydrogen-bond acceptors (Lipinski definition) is 4. The predicted octanol–water partition coefficient (Wildman–Crippen LogP) is 1.25. The molecule has 0 aromatic heterocycles. The van der Waals surface area contributed by atoms with E-state index < -0.39 is 11.9 Å². The zero-order valence-corrected chi connectivity index (χ0v) is 10.4. The van der Waals surface area contributed by atoms with Crippen LogP contribution in [-0.2, 0) is 22.4 Å². The summed E-state index contributed by atoms with van der Waals surface area (Å²) in [6.45, 7) is 4.31. The molecule has 0 aliphatic carbocycles. The first-order valence-electron chi connectivity index (χ1n) is 5.51. The van der Waals surface area contributed by atoms with Crippen LogP contribution in [0.2, 0.25) is 0 Å². The molecule has 0 spiro atoms. The van der Waals surface area contributed by atoms with Crippen LogP contribution in [-0.4, -0.2) is 22.2 Å². The molecule has 1 aromatic rings. The maximum atomic E-state index is 9.10. The zero-order valence-electron chi connectivity index (χ0n) is 10.4. The van der Waals surface area contributed by atoms with Gasteiger partial charge in [0, 0.05) is 0 Å². The highest BCUT2D eigenvalue weighted by Crippen LogP contribution is 2.19. The molecule has 0 amide bonds. The van der Waals surface area contributed by atoms with E-state index in [1.54, 1.807) is 0 Å². The second kappa shape index (κ2) is 8.08. The van der Waals surface area contributed by atoms with Crippen LogP contribution in [0.3, 0.4) is 0 Å². The fourth-order valence-corrected chi connectivity index (χ4v) is 1.52. The van der Waals surface area contributed by atoms with Gasteiger partial charge in [0.05, 0.1) is 5.69 Å². The van der Waals surface area contributed by atoms with Crippen molar-refractivity contribution < 1.29 is 19.8 Å². The average Bonchev–Trinajstić information content (AvgIpc) is 2.37. The van der Waals surface area contributed by atoms with Gasteiger partial charge < -0.3 is 15.6 Å². The van der Waals surface area contributed by atoms with Gasteiger partial charge in [0.15, 0.2) is 0 Å². The number of nitrogen functional groups attached to an aromatic ring is 1. The summed E-state index contributed by atoms with van der Waals surface area (Å²) in [6, 6.07) is 6.20. The van der Waals surface area contributed by atoms with Crippen molar-refractivity contribution in [1.29, 1.82) is 0 Å². The predicted molar refractivity (Wildman–Crippen MR) is 68.3 cm³/mol. The van der Waals surface area contributed by atoms with Crippen LogP contribution in [0.15, 0.2) is 18.2 Å². The third-order valence-corrected chi connectivity index (χ3v) is 2.35. The van der Waals surface area contributed by atoms with Crippen molar-refractivity contribution in [2.45, 2.75) is 26.7 Å². The van der Waals surface area contributed by atoms with E-state index in [0.29, 0.717) is 0 Å². The summed E-state index contributed by atoms with van der Waals surface area (Å²) in [5.74, 6) is 1.75. The van der Waals surface area contributed by atoms with E-state index in [2.05, 4.69) is 25.3 Å². The molecule has 0 unspecified atom stereocenters. The van der Waals surface area contributed by atoms with Gasteiger partial charge in [-0.3, -0.25) is 5.84 Å². The smallest absolute Gasteiger partial charge is 0.414 e. The SMILES string of the molecule is CCc1cccc(NN)c1CC.O=C(O)C(=O)O. The standard InChI is InChI=1S/C10H16N2.C2H2O4/c1-3-8-6-5-7-10(12-11)9(8)4-2;3-1(4)2(5)6/h5-7,12H,3-4,11H2,1-2H3;(H,3,4)(H,5,6). The van der Waals surface area contributed by atoms with E-state index in [9.17, 15) is 0 Å². The lowest BCUT2D eigenvalue weighted by atomic mass is 10.0. The number of rotatable bonds is 3. The normalized spacial score (nSPS) is 9.06. The minimum Gasteiger partial charge on any atom is -0.473 e. The maximum absolute atomic E-state index is 9.10. The van der Waals surface area contributed by atoms with Gasteiger partial charge in [0.1, 0.15) is 0 Å². The molecule has 0 atom stereocenters. The monoisotopic (exact) mass is 254 g/mol. The zero-order chi connectivity index (χ0) is 14.1. The third kappa shape index (κ3) is 4.84. The van der Waals surface area contributed by atoms with Gasteiger partial charge in [-0.05, 0) is 30.0 Å². The number of carbonyl (C=O) groups is 2. The quantitative estimate of drug-likeness (QED) is 0.367. The average molecular weight is 254 g/mol. The van der Waals surface area contributed by atoms with E-state index >= 15 is 0 Å². The number of anilines is 1. The number of benzene rings is 1. The largest absolute Gasteiger partial charge is 0.473 e. The lowest BCUT2D eigenvalue weighted by Crippen LogP contribution is -2.10. The van der Waals surface area contributed by atoms with Crippen molar-refractivity contribution in [2.24, 2.45) is 5.84 Å². The Morgan fingerprint density at radius 2 is 1.72 bits per heavy atom. The summed E-state index contributed by atoms with van der Waals surface area (Å²) >= 11 is 0. The van der Waals surface area contributed by atoms with Gasteiger partial charge in [-0.1, -0.05) is 26.0 Å². The lowest BCUT2D eigenvalue weighted by Gasteiger charge is -2.10. The van der Waals surface area contributed by atoms with E-state index in [0.717, 1.165) is 18.5 Å². The Labute approximate surface area is 105 Å². The Hall–Kier alpha value is -2.08. The molecular weight excluding hydrogens is 236 g/mol. The van der Waals surface area contributed by atoms with Gasteiger partial charge in [-0.2, -0.15) is 0 Å². The summed E-state index contributed by atoms with van der Waals surface area (Å²) in [4.78, 5) is 18.2. The number of aryl methyl sites for hydroxylation is 1. The molecule has 0 bridgehead atoms. The number of hydrazine groups is 1. The number of nitrogens with one attached hydrogen (secondary N) is 1. The molecule has 0 heterocycles. The van der Waals surface area contributed by atoms with Crippen molar-refractivity contribution in [1.82, 2.24) is 0 Å². The van der Waals surface area contributed by atoms with Crippen LogP contribution in [0.25, 0.3) is 0 Å². The third-order valence-electron chi connectivity index (χ3n) is 2.35. The first kappa shape index (κ1) is 15.9. The van der Waals surface area contributed by atoms with Gasteiger partial charge >= 0.3 is 11.9 Å². The number of nitrogens with two attached hydrogens (primary N) is 1. The molecule has 6 nitrogen and oxygen atoms in total. The molecule has 0 radical (unpaired) electrons. The highest BCUT2D eigenvalue weighted by Gasteiger charge is 2.04. The van der Waals surface area contributed by atoms with Crippen LogP contribution in [0.1, 0.15) is 25.0 Å². The molecule has 0 aliphatic rings. The summed E-state index contributed by atoms with van der Waals surface area (Å²) in [5.41, 5.74) is 6.49.